The van der Waals surface area contributed by atoms with E-state index in [2.05, 4.69) is 34.3 Å². The van der Waals surface area contributed by atoms with Gasteiger partial charge in [0, 0.05) is 52.9 Å². The van der Waals surface area contributed by atoms with Crippen LogP contribution < -0.4 is 29.0 Å². The number of aromatic amines is 1. The van der Waals surface area contributed by atoms with Gasteiger partial charge in [0.05, 0.1) is 48.3 Å². The van der Waals surface area contributed by atoms with Crippen LogP contribution in [0, 0.1) is 13.8 Å². The van der Waals surface area contributed by atoms with E-state index in [1.165, 1.54) is 18.7 Å². The lowest BCUT2D eigenvalue weighted by Crippen LogP contribution is -2.70. The molecule has 7 atom stereocenters. The molecular weight excluding hydrogens is 777 g/mol. The minimum atomic E-state index is -1.30. The second-order valence-electron chi connectivity index (χ2n) is 16.6. The number of rotatable bonds is 6. The summed E-state index contributed by atoms with van der Waals surface area (Å²) in [5.74, 6) is 1.75. The number of benzene rings is 3. The van der Waals surface area contributed by atoms with Gasteiger partial charge in [-0.05, 0) is 62.9 Å². The van der Waals surface area contributed by atoms with Crippen LogP contribution in [0.1, 0.15) is 88.7 Å². The summed E-state index contributed by atoms with van der Waals surface area (Å²) >= 11 is 1.53. The Kier molecular flexibility index (Phi) is 9.29. The van der Waals surface area contributed by atoms with Gasteiger partial charge in [-0.3, -0.25) is 19.9 Å². The number of unbranched alkanes of at least 4 members (excludes halogenated alkanes) is 1. The maximum Gasteiger partial charge on any atom is 0.333 e. The van der Waals surface area contributed by atoms with Crippen LogP contribution in [0.5, 0.6) is 34.5 Å². The number of thioether (sulfide) groups is 1. The topological polar surface area (TPSA) is 164 Å². The van der Waals surface area contributed by atoms with Gasteiger partial charge in [0.25, 0.3) is 0 Å². The molecule has 1 spiro atoms. The third-order valence-corrected chi connectivity index (χ3v) is 14.9. The second kappa shape index (κ2) is 14.2. The van der Waals surface area contributed by atoms with Gasteiger partial charge >= 0.3 is 11.9 Å². The van der Waals surface area contributed by atoms with Crippen LogP contribution in [-0.2, 0) is 32.7 Å². The van der Waals surface area contributed by atoms with E-state index in [0.29, 0.717) is 60.1 Å². The molecule has 14 nitrogen and oxygen atoms in total. The van der Waals surface area contributed by atoms with Crippen molar-refractivity contribution < 1.29 is 48.2 Å². The Bertz CT molecular complexity index is 2420. The summed E-state index contributed by atoms with van der Waals surface area (Å²) in [4.78, 5) is 35.9. The highest BCUT2D eigenvalue weighted by Crippen LogP contribution is 2.64. The van der Waals surface area contributed by atoms with Gasteiger partial charge in [-0.2, -0.15) is 0 Å². The number of aryl methyl sites for hydroxylation is 1. The molecule has 4 N–H and O–H groups in total. The highest BCUT2D eigenvalue weighted by atomic mass is 32.2. The summed E-state index contributed by atoms with van der Waals surface area (Å²) in [5, 5.41) is 28.8. The quantitative estimate of drug-likeness (QED) is 0.112. The van der Waals surface area contributed by atoms with Crippen LogP contribution in [0.4, 0.5) is 0 Å². The van der Waals surface area contributed by atoms with Crippen molar-refractivity contribution in [3.8, 4) is 34.5 Å². The van der Waals surface area contributed by atoms with E-state index in [1.54, 1.807) is 7.11 Å². The fraction of sp³-hybridized carbons (Fsp3) is 0.500. The highest BCUT2D eigenvalue weighted by Gasteiger charge is 2.61. The number of ether oxygens (including phenoxy) is 6. The summed E-state index contributed by atoms with van der Waals surface area (Å²) in [7, 11) is 3.54. The van der Waals surface area contributed by atoms with E-state index in [1.807, 2.05) is 37.9 Å². The van der Waals surface area contributed by atoms with Crippen LogP contribution >= 0.6 is 11.8 Å². The molecule has 4 aromatic rings. The first-order valence-corrected chi connectivity index (χ1v) is 21.6. The number of nitrogens with zero attached hydrogens (tertiary/aromatic N) is 2. The van der Waals surface area contributed by atoms with Crippen molar-refractivity contribution in [1.29, 1.82) is 0 Å². The molecule has 0 saturated carbocycles. The standard InChI is InChI=1S/C44H50N4O10S/c1-7-8-14-54-28-11-9-10-24-25-12-13-45-44(41(25)46-32(24)28)18-59-40-31-30(39-38(56-19-57-39)21(3)37(31)58-22(4)49)27(17-55-43(44)52)48-34(40)33-29-23(16-26(42(48)51)47(33)5)15-20(2)36(53-6)35(29)50/h9-11,15,26-27,33-34,40,42,45-46,50-51H,7-8,12-14,16-19H2,1-6H3/t26-,27-,33-,34?,40+,42-,44+/m0/s1. The lowest BCUT2D eigenvalue weighted by molar-refractivity contribution is -0.186. The number of H-pyrrole nitrogens is 1. The van der Waals surface area contributed by atoms with Crippen LogP contribution in [-0.4, -0.2) is 102 Å². The van der Waals surface area contributed by atoms with Gasteiger partial charge in [0.2, 0.25) is 6.79 Å². The second-order valence-corrected chi connectivity index (χ2v) is 17.7. The Morgan fingerprint density at radius 1 is 1.12 bits per heavy atom. The van der Waals surface area contributed by atoms with Crippen LogP contribution in [0.2, 0.25) is 0 Å². The van der Waals surface area contributed by atoms with E-state index in [0.717, 1.165) is 63.0 Å². The Morgan fingerprint density at radius 3 is 2.71 bits per heavy atom. The fourth-order valence-corrected chi connectivity index (χ4v) is 12.6. The minimum Gasteiger partial charge on any atom is -0.504 e. The summed E-state index contributed by atoms with van der Waals surface area (Å²) < 4.78 is 37.1. The number of aliphatic hydroxyl groups excluding tert-OH is 1. The summed E-state index contributed by atoms with van der Waals surface area (Å²) in [6.07, 6.45) is 2.05. The normalized spacial score (nSPS) is 28.1. The van der Waals surface area contributed by atoms with E-state index < -0.39 is 47.1 Å². The van der Waals surface area contributed by atoms with Gasteiger partial charge in [-0.15, -0.1) is 11.8 Å². The molecule has 1 aromatic heterocycles. The number of piperazine rings is 1. The largest absolute Gasteiger partial charge is 0.504 e. The number of hydrogen-bond acceptors (Lipinski definition) is 14. The zero-order valence-corrected chi connectivity index (χ0v) is 34.9. The predicted octanol–water partition coefficient (Wildman–Crippen LogP) is 5.36. The molecule has 312 valence electrons. The number of aromatic hydroxyl groups is 1. The van der Waals surface area contributed by atoms with Crippen molar-refractivity contribution in [2.45, 2.75) is 94.6 Å². The molecule has 2 saturated heterocycles. The molecule has 1 unspecified atom stereocenters. The van der Waals surface area contributed by atoms with Gasteiger partial charge in [-0.1, -0.05) is 31.5 Å². The molecule has 0 radical (unpaired) electrons. The molecule has 11 rings (SSSR count). The number of carbonyl (C=O) groups is 2. The summed E-state index contributed by atoms with van der Waals surface area (Å²) in [5.41, 5.74) is 5.75. The Balaban J connectivity index is 1.20. The third-order valence-electron chi connectivity index (χ3n) is 13.5. The van der Waals surface area contributed by atoms with Crippen LogP contribution in [0.3, 0.4) is 0 Å². The van der Waals surface area contributed by atoms with Crippen molar-refractivity contribution in [2.24, 2.45) is 0 Å². The molecule has 0 aliphatic carbocycles. The molecule has 7 aliphatic heterocycles. The fourth-order valence-electron chi connectivity index (χ4n) is 10.9. The maximum absolute atomic E-state index is 15.0. The average molecular weight is 827 g/mol. The van der Waals surface area contributed by atoms with Crippen molar-refractivity contribution in [3.63, 3.8) is 0 Å². The number of phenolic OH excluding ortho intramolecular Hbond substituents is 1. The molecule has 7 aliphatic rings. The lowest BCUT2D eigenvalue weighted by Gasteiger charge is -2.62. The molecule has 0 amide bonds. The third kappa shape index (κ3) is 5.47. The number of aromatic nitrogens is 1. The molecule has 3 aromatic carbocycles. The zero-order valence-electron chi connectivity index (χ0n) is 34.1. The molecule has 4 bridgehead atoms. The number of likely N-dealkylation sites (N-methyl/N-ethyl adjacent to an activating group) is 1. The highest BCUT2D eigenvalue weighted by molar-refractivity contribution is 7.99. The van der Waals surface area contributed by atoms with Crippen LogP contribution in [0.25, 0.3) is 10.9 Å². The van der Waals surface area contributed by atoms with E-state index >= 15 is 4.79 Å². The number of carbonyl (C=O) groups excluding carboxylic acids is 2. The van der Waals surface area contributed by atoms with Crippen LogP contribution in [0.15, 0.2) is 24.3 Å². The number of para-hydroxylation sites is 1. The van der Waals surface area contributed by atoms with E-state index in [4.69, 9.17) is 28.4 Å². The van der Waals surface area contributed by atoms with E-state index in [9.17, 15) is 15.0 Å². The Morgan fingerprint density at radius 2 is 1.93 bits per heavy atom. The first-order chi connectivity index (χ1) is 28.5. The van der Waals surface area contributed by atoms with Gasteiger partial charge < -0.3 is 43.6 Å². The smallest absolute Gasteiger partial charge is 0.333 e. The van der Waals surface area contributed by atoms with E-state index in [-0.39, 0.29) is 30.9 Å². The molecule has 15 heteroatoms. The number of nitrogens with one attached hydrogen (secondary N) is 2. The number of methoxy groups -OCH3 is 1. The summed E-state index contributed by atoms with van der Waals surface area (Å²) in [6, 6.07) is 5.93. The number of aliphatic hydroxyl groups is 1. The Labute approximate surface area is 346 Å². The lowest BCUT2D eigenvalue weighted by atomic mass is 9.73. The van der Waals surface area contributed by atoms with Gasteiger partial charge in [0.15, 0.2) is 28.5 Å². The maximum atomic E-state index is 15.0. The number of hydrogen-bond donors (Lipinski definition) is 4. The van der Waals surface area contributed by atoms with Crippen molar-refractivity contribution in [2.75, 3.05) is 46.5 Å². The minimum absolute atomic E-state index is 0.0445. The first kappa shape index (κ1) is 38.5. The van der Waals surface area contributed by atoms with Crippen molar-refractivity contribution in [1.82, 2.24) is 20.1 Å². The summed E-state index contributed by atoms with van der Waals surface area (Å²) in [6.45, 7) is 8.18. The Hall–Kier alpha value is -4.67. The predicted molar refractivity (Wildman–Crippen MR) is 219 cm³/mol. The number of fused-ring (bicyclic) bond motifs is 11. The van der Waals surface area contributed by atoms with Gasteiger partial charge in [-0.25, -0.2) is 4.79 Å². The SMILES string of the molecule is CCCCOc1cccc2c3c([nH]c12)[C@@]1(CS[C@@H]2c4c(OC(C)=O)c(C)c5c(c4[C@H](COC1=O)N1C2[C@@H]2c4c(cc(C)c(OC)c4O)C[C@@H]([C@@H]1O)N2C)OCO5)NCC3. The zero-order chi connectivity index (χ0) is 41.1. The number of esters is 2. The molecule has 8 heterocycles. The van der Waals surface area contributed by atoms with Gasteiger partial charge in [0.1, 0.15) is 24.3 Å². The first-order valence-electron chi connectivity index (χ1n) is 20.5. The molecule has 59 heavy (non-hydrogen) atoms. The molecular formula is C44H50N4O10S. The van der Waals surface area contributed by atoms with Crippen molar-refractivity contribution >= 4 is 34.6 Å². The monoisotopic (exact) mass is 826 g/mol. The van der Waals surface area contributed by atoms with Crippen molar-refractivity contribution in [3.05, 3.63) is 68.9 Å². The average Bonchev–Trinajstić information content (AvgIpc) is 3.86. The number of phenols is 1. The molecule has 2 fully saturated rings.